The van der Waals surface area contributed by atoms with Crippen LogP contribution >= 0.6 is 11.8 Å². The van der Waals surface area contributed by atoms with Crippen molar-refractivity contribution >= 4 is 11.8 Å². The van der Waals surface area contributed by atoms with Crippen molar-refractivity contribution in [3.63, 3.8) is 0 Å². The van der Waals surface area contributed by atoms with E-state index < -0.39 is 0 Å². The van der Waals surface area contributed by atoms with Gasteiger partial charge >= 0.3 is 0 Å². The molecular formula is C13H17N3S. The van der Waals surface area contributed by atoms with Gasteiger partial charge in [-0.3, -0.25) is 0 Å². The Bertz CT molecular complexity index is 422. The normalized spacial score (nSPS) is 10.6. The molecule has 0 spiro atoms. The van der Waals surface area contributed by atoms with Crippen molar-refractivity contribution in [1.82, 2.24) is 9.55 Å². The van der Waals surface area contributed by atoms with Crippen LogP contribution in [0.3, 0.4) is 0 Å². The lowest BCUT2D eigenvalue weighted by Gasteiger charge is -2.03. The van der Waals surface area contributed by atoms with Crippen LogP contribution in [0.2, 0.25) is 0 Å². The fraction of sp³-hybridized carbons (Fsp3) is 0.308. The van der Waals surface area contributed by atoms with E-state index in [1.807, 2.05) is 30.5 Å². The minimum atomic E-state index is 0.617. The molecule has 0 saturated carbocycles. The van der Waals surface area contributed by atoms with E-state index in [1.165, 1.54) is 10.5 Å². The van der Waals surface area contributed by atoms with Crippen LogP contribution in [0, 0.1) is 0 Å². The molecule has 90 valence electrons. The van der Waals surface area contributed by atoms with Gasteiger partial charge in [-0.1, -0.05) is 12.1 Å². The Kier molecular flexibility index (Phi) is 4.64. The predicted molar refractivity (Wildman–Crippen MR) is 71.9 cm³/mol. The Morgan fingerprint density at radius 3 is 2.71 bits per heavy atom. The molecule has 1 aromatic heterocycles. The molecule has 1 heterocycles. The molecule has 0 saturated heterocycles. The van der Waals surface area contributed by atoms with Gasteiger partial charge in [-0.25, -0.2) is 4.98 Å². The van der Waals surface area contributed by atoms with Gasteiger partial charge in [0.15, 0.2) is 0 Å². The smallest absolute Gasteiger partial charge is 0.0945 e. The molecule has 0 fully saturated rings. The van der Waals surface area contributed by atoms with Crippen LogP contribution in [0.1, 0.15) is 12.0 Å². The third-order valence-electron chi connectivity index (χ3n) is 2.55. The first-order chi connectivity index (χ1) is 8.38. The molecule has 0 atom stereocenters. The average Bonchev–Trinajstić information content (AvgIpc) is 2.88. The van der Waals surface area contributed by atoms with Crippen LogP contribution in [-0.4, -0.2) is 15.3 Å². The predicted octanol–water partition coefficient (Wildman–Crippen LogP) is 2.52. The summed E-state index contributed by atoms with van der Waals surface area (Å²) in [6.45, 7) is 1.65. The van der Waals surface area contributed by atoms with Gasteiger partial charge in [-0.2, -0.15) is 0 Å². The molecule has 2 N–H and O–H groups in total. The van der Waals surface area contributed by atoms with E-state index in [1.54, 1.807) is 0 Å². The van der Waals surface area contributed by atoms with Gasteiger partial charge in [-0.05, 0) is 29.9 Å². The molecule has 1 aromatic carbocycles. The van der Waals surface area contributed by atoms with Crippen LogP contribution in [0.4, 0.5) is 0 Å². The fourth-order valence-electron chi connectivity index (χ4n) is 1.58. The van der Waals surface area contributed by atoms with Crippen molar-refractivity contribution in [2.45, 2.75) is 24.4 Å². The van der Waals surface area contributed by atoms with E-state index in [-0.39, 0.29) is 0 Å². The molecule has 2 rings (SSSR count). The highest BCUT2D eigenvalue weighted by Gasteiger charge is 1.95. The zero-order chi connectivity index (χ0) is 11.9. The number of rotatable bonds is 6. The Labute approximate surface area is 106 Å². The molecule has 0 amide bonds. The molecule has 17 heavy (non-hydrogen) atoms. The Balaban J connectivity index is 1.70. The van der Waals surface area contributed by atoms with Crippen molar-refractivity contribution in [2.75, 3.05) is 5.75 Å². The first kappa shape index (κ1) is 12.2. The summed E-state index contributed by atoms with van der Waals surface area (Å²) in [5.41, 5.74) is 6.75. The summed E-state index contributed by atoms with van der Waals surface area (Å²) in [6.07, 6.45) is 6.83. The van der Waals surface area contributed by atoms with E-state index in [2.05, 4.69) is 33.8 Å². The molecule has 0 unspecified atom stereocenters. The van der Waals surface area contributed by atoms with Crippen molar-refractivity contribution in [1.29, 1.82) is 0 Å². The van der Waals surface area contributed by atoms with E-state index in [0.29, 0.717) is 6.54 Å². The summed E-state index contributed by atoms with van der Waals surface area (Å²) in [5.74, 6) is 1.13. The highest BCUT2D eigenvalue weighted by atomic mass is 32.2. The van der Waals surface area contributed by atoms with E-state index >= 15 is 0 Å². The lowest BCUT2D eigenvalue weighted by molar-refractivity contribution is 0.683. The van der Waals surface area contributed by atoms with Gasteiger partial charge in [0.1, 0.15) is 0 Å². The lowest BCUT2D eigenvalue weighted by Crippen LogP contribution is -1.96. The average molecular weight is 247 g/mol. The van der Waals surface area contributed by atoms with Gasteiger partial charge < -0.3 is 10.3 Å². The largest absolute Gasteiger partial charge is 0.337 e. The Hall–Kier alpha value is -1.26. The molecular weight excluding hydrogens is 230 g/mol. The first-order valence-electron chi connectivity index (χ1n) is 5.76. The zero-order valence-corrected chi connectivity index (χ0v) is 10.6. The fourth-order valence-corrected chi connectivity index (χ4v) is 2.42. The molecule has 3 nitrogen and oxygen atoms in total. The molecule has 0 bridgehead atoms. The van der Waals surface area contributed by atoms with Crippen LogP contribution in [-0.2, 0) is 13.1 Å². The summed E-state index contributed by atoms with van der Waals surface area (Å²) in [5, 5.41) is 0. The summed E-state index contributed by atoms with van der Waals surface area (Å²) >= 11 is 1.89. The highest BCUT2D eigenvalue weighted by Crippen LogP contribution is 2.19. The zero-order valence-electron chi connectivity index (χ0n) is 9.75. The number of hydrogen-bond donors (Lipinski definition) is 1. The monoisotopic (exact) mass is 247 g/mol. The van der Waals surface area contributed by atoms with E-state index in [0.717, 1.165) is 18.7 Å². The number of benzene rings is 1. The standard InChI is InChI=1S/C13H17N3S/c14-10-12-2-4-13(5-3-12)17-9-1-7-16-8-6-15-11-16/h2-6,8,11H,1,7,9-10,14H2. The Morgan fingerprint density at radius 2 is 2.06 bits per heavy atom. The molecule has 2 aromatic rings. The minimum absolute atomic E-state index is 0.617. The van der Waals surface area contributed by atoms with Crippen molar-refractivity contribution in [2.24, 2.45) is 5.73 Å². The summed E-state index contributed by atoms with van der Waals surface area (Å²) in [6, 6.07) is 8.48. The Morgan fingerprint density at radius 1 is 1.24 bits per heavy atom. The second-order valence-electron chi connectivity index (χ2n) is 3.85. The summed E-state index contributed by atoms with van der Waals surface area (Å²) < 4.78 is 2.11. The third-order valence-corrected chi connectivity index (χ3v) is 3.65. The van der Waals surface area contributed by atoms with Crippen molar-refractivity contribution in [3.8, 4) is 0 Å². The molecule has 4 heteroatoms. The van der Waals surface area contributed by atoms with Crippen LogP contribution in [0.15, 0.2) is 47.9 Å². The third kappa shape index (κ3) is 3.91. The van der Waals surface area contributed by atoms with Gasteiger partial charge in [0, 0.05) is 30.4 Å². The maximum Gasteiger partial charge on any atom is 0.0945 e. The maximum atomic E-state index is 5.56. The topological polar surface area (TPSA) is 43.8 Å². The second kappa shape index (κ2) is 6.47. The van der Waals surface area contributed by atoms with E-state index in [9.17, 15) is 0 Å². The van der Waals surface area contributed by atoms with Gasteiger partial charge in [0.2, 0.25) is 0 Å². The number of nitrogens with zero attached hydrogens (tertiary/aromatic N) is 2. The van der Waals surface area contributed by atoms with Crippen LogP contribution in [0.25, 0.3) is 0 Å². The maximum absolute atomic E-state index is 5.56. The lowest BCUT2D eigenvalue weighted by atomic mass is 10.2. The van der Waals surface area contributed by atoms with Crippen molar-refractivity contribution in [3.05, 3.63) is 48.5 Å². The minimum Gasteiger partial charge on any atom is -0.337 e. The summed E-state index contributed by atoms with van der Waals surface area (Å²) in [7, 11) is 0. The summed E-state index contributed by atoms with van der Waals surface area (Å²) in [4.78, 5) is 5.34. The van der Waals surface area contributed by atoms with Crippen molar-refractivity contribution < 1.29 is 0 Å². The highest BCUT2D eigenvalue weighted by molar-refractivity contribution is 7.99. The quantitative estimate of drug-likeness (QED) is 0.630. The van der Waals surface area contributed by atoms with E-state index in [4.69, 9.17) is 5.73 Å². The number of aromatic nitrogens is 2. The van der Waals surface area contributed by atoms with Gasteiger partial charge in [0.05, 0.1) is 6.33 Å². The van der Waals surface area contributed by atoms with Crippen LogP contribution < -0.4 is 5.73 Å². The van der Waals surface area contributed by atoms with Gasteiger partial charge in [0.25, 0.3) is 0 Å². The number of imidazole rings is 1. The number of nitrogens with two attached hydrogens (primary N) is 1. The number of thioether (sulfide) groups is 1. The molecule has 0 aliphatic rings. The number of aryl methyl sites for hydroxylation is 1. The van der Waals surface area contributed by atoms with Gasteiger partial charge in [-0.15, -0.1) is 11.8 Å². The second-order valence-corrected chi connectivity index (χ2v) is 5.02. The molecule has 0 aliphatic heterocycles. The molecule has 0 radical (unpaired) electrons. The van der Waals surface area contributed by atoms with Crippen LogP contribution in [0.5, 0.6) is 0 Å². The molecule has 0 aliphatic carbocycles. The number of hydrogen-bond acceptors (Lipinski definition) is 3. The SMILES string of the molecule is NCc1ccc(SCCCn2ccnc2)cc1. The first-order valence-corrected chi connectivity index (χ1v) is 6.74.